The third-order valence-electron chi connectivity index (χ3n) is 4.98. The van der Waals surface area contributed by atoms with Crippen molar-refractivity contribution in [2.45, 2.75) is 18.8 Å². The SMILES string of the molecule is O=C(CN1C(=O)CSC1=O)N1CCC[C@@H](c2cc3ccccc3cn2)C1. The van der Waals surface area contributed by atoms with Crippen molar-refractivity contribution in [1.29, 1.82) is 0 Å². The predicted octanol–water partition coefficient (Wildman–Crippen LogP) is 2.64. The molecule has 134 valence electrons. The lowest BCUT2D eigenvalue weighted by atomic mass is 9.93. The Bertz CT molecular complexity index is 869. The molecule has 0 unspecified atom stereocenters. The predicted molar refractivity (Wildman–Crippen MR) is 99.9 cm³/mol. The Morgan fingerprint density at radius 3 is 2.81 bits per heavy atom. The van der Waals surface area contributed by atoms with Crippen LogP contribution in [0, 0.1) is 0 Å². The van der Waals surface area contributed by atoms with E-state index in [1.807, 2.05) is 24.4 Å². The second-order valence-corrected chi connectivity index (χ2v) is 7.60. The van der Waals surface area contributed by atoms with Crippen molar-refractivity contribution in [1.82, 2.24) is 14.8 Å². The minimum Gasteiger partial charge on any atom is -0.340 e. The highest BCUT2D eigenvalue weighted by Gasteiger charge is 2.34. The summed E-state index contributed by atoms with van der Waals surface area (Å²) in [6.07, 6.45) is 3.75. The van der Waals surface area contributed by atoms with Gasteiger partial charge in [-0.3, -0.25) is 24.3 Å². The van der Waals surface area contributed by atoms with Gasteiger partial charge in [0, 0.05) is 36.3 Å². The molecule has 2 fully saturated rings. The smallest absolute Gasteiger partial charge is 0.289 e. The molecule has 4 rings (SSSR count). The summed E-state index contributed by atoms with van der Waals surface area (Å²) in [5.74, 6) is -0.134. The van der Waals surface area contributed by atoms with Crippen LogP contribution in [0.3, 0.4) is 0 Å². The molecule has 0 aliphatic carbocycles. The molecule has 2 aliphatic heterocycles. The highest BCUT2D eigenvalue weighted by atomic mass is 32.2. The Balaban J connectivity index is 1.47. The second kappa shape index (κ2) is 7.07. The van der Waals surface area contributed by atoms with Gasteiger partial charge in [0.2, 0.25) is 11.8 Å². The number of nitrogens with zero attached hydrogens (tertiary/aromatic N) is 3. The van der Waals surface area contributed by atoms with Gasteiger partial charge < -0.3 is 4.90 Å². The van der Waals surface area contributed by atoms with Crippen molar-refractivity contribution >= 4 is 39.6 Å². The fourth-order valence-corrected chi connectivity index (χ4v) is 4.26. The number of hydrogen-bond acceptors (Lipinski definition) is 5. The number of thioether (sulfide) groups is 1. The molecule has 2 aliphatic rings. The molecule has 26 heavy (non-hydrogen) atoms. The van der Waals surface area contributed by atoms with E-state index in [0.717, 1.165) is 46.0 Å². The van der Waals surface area contributed by atoms with Crippen molar-refractivity contribution in [2.24, 2.45) is 0 Å². The fourth-order valence-electron chi connectivity index (χ4n) is 3.54. The van der Waals surface area contributed by atoms with Gasteiger partial charge in [0.15, 0.2) is 0 Å². The number of carbonyl (C=O) groups excluding carboxylic acids is 3. The Labute approximate surface area is 155 Å². The molecule has 6 nitrogen and oxygen atoms in total. The van der Waals surface area contributed by atoms with E-state index < -0.39 is 0 Å². The van der Waals surface area contributed by atoms with E-state index in [0.29, 0.717) is 13.1 Å². The molecule has 0 radical (unpaired) electrons. The highest BCUT2D eigenvalue weighted by molar-refractivity contribution is 8.14. The average molecular weight is 369 g/mol. The number of piperidine rings is 1. The molecular weight excluding hydrogens is 350 g/mol. The Kier molecular flexibility index (Phi) is 4.63. The van der Waals surface area contributed by atoms with Gasteiger partial charge in [-0.05, 0) is 24.3 Å². The number of aromatic nitrogens is 1. The highest BCUT2D eigenvalue weighted by Crippen LogP contribution is 2.28. The lowest BCUT2D eigenvalue weighted by Crippen LogP contribution is -2.45. The zero-order valence-corrected chi connectivity index (χ0v) is 15.1. The number of likely N-dealkylation sites (tertiary alicyclic amines) is 1. The van der Waals surface area contributed by atoms with Crippen LogP contribution in [0.25, 0.3) is 10.8 Å². The number of hydrogen-bond donors (Lipinski definition) is 0. The first-order valence-electron chi connectivity index (χ1n) is 8.71. The van der Waals surface area contributed by atoms with E-state index >= 15 is 0 Å². The lowest BCUT2D eigenvalue weighted by Gasteiger charge is -2.33. The number of imide groups is 1. The third-order valence-corrected chi connectivity index (χ3v) is 5.84. The minimum absolute atomic E-state index is 0.135. The molecule has 3 amide bonds. The molecule has 0 saturated carbocycles. The van der Waals surface area contributed by atoms with Crippen LogP contribution in [0.4, 0.5) is 4.79 Å². The van der Waals surface area contributed by atoms with Crippen LogP contribution < -0.4 is 0 Å². The van der Waals surface area contributed by atoms with Crippen LogP contribution in [0.5, 0.6) is 0 Å². The zero-order chi connectivity index (χ0) is 18.1. The molecule has 7 heteroatoms. The van der Waals surface area contributed by atoms with Crippen LogP contribution in [0.2, 0.25) is 0 Å². The van der Waals surface area contributed by atoms with E-state index in [4.69, 9.17) is 0 Å². The number of fused-ring (bicyclic) bond motifs is 1. The number of benzene rings is 1. The Morgan fingerprint density at radius 2 is 2.04 bits per heavy atom. The topological polar surface area (TPSA) is 70.6 Å². The first-order valence-corrected chi connectivity index (χ1v) is 9.70. The fraction of sp³-hybridized carbons (Fsp3) is 0.368. The van der Waals surface area contributed by atoms with Gasteiger partial charge in [-0.1, -0.05) is 36.0 Å². The third kappa shape index (κ3) is 3.31. The van der Waals surface area contributed by atoms with Gasteiger partial charge in [-0.2, -0.15) is 0 Å². The standard InChI is InChI=1S/C19H19N3O3S/c23-17(11-22-18(24)12-26-19(22)25)21-7-3-6-15(10-21)16-8-13-4-1-2-5-14(13)9-20-16/h1-2,4-5,8-9,15H,3,6-7,10-12H2/t15-/m1/s1. The first kappa shape index (κ1) is 17.0. The molecule has 1 aromatic carbocycles. The summed E-state index contributed by atoms with van der Waals surface area (Å²) in [5, 5.41) is 1.92. The monoisotopic (exact) mass is 369 g/mol. The molecule has 2 saturated heterocycles. The van der Waals surface area contributed by atoms with E-state index in [-0.39, 0.29) is 35.3 Å². The van der Waals surface area contributed by atoms with Crippen LogP contribution in [0.1, 0.15) is 24.5 Å². The molecule has 2 aromatic rings. The summed E-state index contributed by atoms with van der Waals surface area (Å²) in [6, 6.07) is 10.2. The van der Waals surface area contributed by atoms with Gasteiger partial charge in [0.05, 0.1) is 5.75 Å². The maximum absolute atomic E-state index is 12.6. The summed E-state index contributed by atoms with van der Waals surface area (Å²) < 4.78 is 0. The first-order chi connectivity index (χ1) is 12.6. The van der Waals surface area contributed by atoms with Crippen molar-refractivity contribution < 1.29 is 14.4 Å². The molecule has 0 bridgehead atoms. The average Bonchev–Trinajstić information content (AvgIpc) is 2.99. The van der Waals surface area contributed by atoms with Crippen LogP contribution >= 0.6 is 11.8 Å². The maximum Gasteiger partial charge on any atom is 0.289 e. The lowest BCUT2D eigenvalue weighted by molar-refractivity contribution is -0.137. The molecule has 1 atom stereocenters. The van der Waals surface area contributed by atoms with Crippen LogP contribution in [-0.2, 0) is 9.59 Å². The summed E-state index contributed by atoms with van der Waals surface area (Å²) >= 11 is 0.957. The number of amides is 3. The van der Waals surface area contributed by atoms with Gasteiger partial charge in [0.1, 0.15) is 6.54 Å². The summed E-state index contributed by atoms with van der Waals surface area (Å²) in [7, 11) is 0. The summed E-state index contributed by atoms with van der Waals surface area (Å²) in [4.78, 5) is 43.4. The molecule has 3 heterocycles. The number of rotatable bonds is 3. The quantitative estimate of drug-likeness (QED) is 0.832. The Morgan fingerprint density at radius 1 is 1.23 bits per heavy atom. The molecule has 1 aromatic heterocycles. The molecule has 0 N–H and O–H groups in total. The normalized spacial score (nSPS) is 20.8. The second-order valence-electron chi connectivity index (χ2n) is 6.67. The maximum atomic E-state index is 12.6. The van der Waals surface area contributed by atoms with Gasteiger partial charge in [-0.25, -0.2) is 0 Å². The number of carbonyl (C=O) groups is 3. The largest absolute Gasteiger partial charge is 0.340 e. The molecule has 0 spiro atoms. The van der Waals surface area contributed by atoms with Crippen molar-refractivity contribution in [3.8, 4) is 0 Å². The van der Waals surface area contributed by atoms with Crippen molar-refractivity contribution in [2.75, 3.05) is 25.4 Å². The van der Waals surface area contributed by atoms with E-state index in [2.05, 4.69) is 17.1 Å². The van der Waals surface area contributed by atoms with Crippen molar-refractivity contribution in [3.05, 3.63) is 42.2 Å². The van der Waals surface area contributed by atoms with Gasteiger partial charge in [-0.15, -0.1) is 0 Å². The number of pyridine rings is 1. The molecular formula is C19H19N3O3S. The van der Waals surface area contributed by atoms with Crippen molar-refractivity contribution in [3.63, 3.8) is 0 Å². The van der Waals surface area contributed by atoms with Crippen LogP contribution in [0.15, 0.2) is 36.5 Å². The summed E-state index contributed by atoms with van der Waals surface area (Å²) in [6.45, 7) is 1.09. The van der Waals surface area contributed by atoms with E-state index in [9.17, 15) is 14.4 Å². The van der Waals surface area contributed by atoms with E-state index in [1.54, 1.807) is 4.90 Å². The van der Waals surface area contributed by atoms with Crippen LogP contribution in [-0.4, -0.2) is 57.2 Å². The van der Waals surface area contributed by atoms with Gasteiger partial charge >= 0.3 is 0 Å². The van der Waals surface area contributed by atoms with E-state index in [1.165, 1.54) is 0 Å². The zero-order valence-electron chi connectivity index (χ0n) is 14.3. The minimum atomic E-state index is -0.326. The Hall–Kier alpha value is -2.41. The van der Waals surface area contributed by atoms with Gasteiger partial charge in [0.25, 0.3) is 5.24 Å². The summed E-state index contributed by atoms with van der Waals surface area (Å²) in [5.41, 5.74) is 0.991.